The van der Waals surface area contributed by atoms with E-state index in [0.717, 1.165) is 0 Å². The molecule has 0 aliphatic heterocycles. The molecule has 0 fully saturated rings. The smallest absolute Gasteiger partial charge is 0.405 e. The molecule has 1 aromatic carbocycles. The number of primary amides is 1. The third-order valence-corrected chi connectivity index (χ3v) is 5.32. The van der Waals surface area contributed by atoms with E-state index in [1.807, 2.05) is 0 Å². The molecule has 0 aromatic heterocycles. The lowest BCUT2D eigenvalue weighted by Gasteiger charge is -2.26. The van der Waals surface area contributed by atoms with Crippen molar-refractivity contribution in [2.45, 2.75) is 65.1 Å². The summed E-state index contributed by atoms with van der Waals surface area (Å²) in [7, 11) is 0. The second-order valence-electron chi connectivity index (χ2n) is 8.63. The molecule has 10 nitrogen and oxygen atoms in total. The summed E-state index contributed by atoms with van der Waals surface area (Å²) in [5.41, 5.74) is 5.74. The Morgan fingerprint density at radius 2 is 1.68 bits per heavy atom. The van der Waals surface area contributed by atoms with Gasteiger partial charge in [0.15, 0.2) is 0 Å². The Morgan fingerprint density at radius 1 is 1.03 bits per heavy atom. The van der Waals surface area contributed by atoms with Crippen molar-refractivity contribution < 1.29 is 33.5 Å². The second kappa shape index (κ2) is 13.3. The van der Waals surface area contributed by atoms with Gasteiger partial charge in [0, 0.05) is 6.42 Å². The van der Waals surface area contributed by atoms with Crippen LogP contribution in [0.4, 0.5) is 9.18 Å². The van der Waals surface area contributed by atoms with Crippen molar-refractivity contribution in [3.63, 3.8) is 0 Å². The Hall–Kier alpha value is -3.50. The zero-order valence-corrected chi connectivity index (χ0v) is 19.8. The van der Waals surface area contributed by atoms with Gasteiger partial charge >= 0.3 is 6.09 Å². The summed E-state index contributed by atoms with van der Waals surface area (Å²) >= 11 is 0. The third kappa shape index (κ3) is 9.16. The number of rotatable bonds is 13. The molecule has 0 saturated carbocycles. The minimum absolute atomic E-state index is 0.0252. The average Bonchev–Trinajstić information content (AvgIpc) is 2.74. The van der Waals surface area contributed by atoms with Gasteiger partial charge in [0.05, 0.1) is 6.04 Å². The van der Waals surface area contributed by atoms with Crippen LogP contribution in [-0.4, -0.2) is 52.8 Å². The van der Waals surface area contributed by atoms with Crippen LogP contribution in [0.2, 0.25) is 0 Å². The maximum absolute atomic E-state index is 13.4. The van der Waals surface area contributed by atoms with Gasteiger partial charge in [0.1, 0.15) is 17.9 Å². The van der Waals surface area contributed by atoms with Gasteiger partial charge in [0.25, 0.3) is 5.91 Å². The normalized spacial score (nSPS) is 14.4. The quantitative estimate of drug-likeness (QED) is 0.265. The Kier molecular flexibility index (Phi) is 11.1. The van der Waals surface area contributed by atoms with E-state index in [-0.39, 0.29) is 18.8 Å². The predicted octanol–water partition coefficient (Wildman–Crippen LogP) is 1.12. The van der Waals surface area contributed by atoms with Crippen LogP contribution in [0, 0.1) is 17.7 Å². The molecule has 0 aliphatic rings. The summed E-state index contributed by atoms with van der Waals surface area (Å²) < 4.78 is 13.4. The predicted molar refractivity (Wildman–Crippen MR) is 122 cm³/mol. The van der Waals surface area contributed by atoms with E-state index < -0.39 is 59.5 Å². The summed E-state index contributed by atoms with van der Waals surface area (Å²) in [4.78, 5) is 61.3. The third-order valence-electron chi connectivity index (χ3n) is 5.32. The van der Waals surface area contributed by atoms with Crippen molar-refractivity contribution in [2.75, 3.05) is 0 Å². The average molecular weight is 481 g/mol. The molecule has 34 heavy (non-hydrogen) atoms. The standard InChI is InChI=1S/C23H33FN4O6/c1-5-13(4)18(28-21(31)17(9-12(2)3)27-23(33)34)19(29)22(32)26-16(20(25)30)11-14-7-6-8-15(24)10-14/h6-8,10,12-13,16-18,27H,5,9,11H2,1-4H3,(H2,25,30)(H,26,32)(H,28,31)(H,33,34)/t13-,16?,17-,18?/m0/s1. The molecule has 0 bridgehead atoms. The molecular formula is C23H33FN4O6. The summed E-state index contributed by atoms with van der Waals surface area (Å²) in [6.45, 7) is 7.01. The number of ketones is 1. The van der Waals surface area contributed by atoms with Crippen molar-refractivity contribution in [2.24, 2.45) is 17.6 Å². The number of hydrogen-bond acceptors (Lipinski definition) is 5. The SMILES string of the molecule is CC[C@H](C)C(NC(=O)[C@H](CC(C)C)NC(=O)O)C(=O)C(=O)NC(Cc1cccc(F)c1)C(N)=O. The maximum Gasteiger partial charge on any atom is 0.405 e. The summed E-state index contributed by atoms with van der Waals surface area (Å²) in [5, 5.41) is 15.9. The first-order valence-electron chi connectivity index (χ1n) is 11.0. The van der Waals surface area contributed by atoms with E-state index in [1.54, 1.807) is 33.8 Å². The molecule has 1 rings (SSSR count). The number of carbonyl (C=O) groups is 5. The van der Waals surface area contributed by atoms with Gasteiger partial charge in [-0.05, 0) is 36.0 Å². The Balaban J connectivity index is 3.02. The highest BCUT2D eigenvalue weighted by Gasteiger charge is 2.34. The fourth-order valence-electron chi connectivity index (χ4n) is 3.30. The maximum atomic E-state index is 13.4. The molecule has 188 valence electrons. The number of Topliss-reactive ketones (excluding diaryl/α,β-unsaturated/α-hetero) is 1. The van der Waals surface area contributed by atoms with E-state index in [4.69, 9.17) is 10.8 Å². The van der Waals surface area contributed by atoms with E-state index in [0.29, 0.717) is 12.0 Å². The zero-order chi connectivity index (χ0) is 26.0. The molecule has 1 aromatic rings. The fraction of sp³-hybridized carbons (Fsp3) is 0.522. The zero-order valence-electron chi connectivity index (χ0n) is 19.8. The van der Waals surface area contributed by atoms with Crippen LogP contribution in [0.25, 0.3) is 0 Å². The largest absolute Gasteiger partial charge is 0.465 e. The van der Waals surface area contributed by atoms with Gasteiger partial charge in [-0.2, -0.15) is 0 Å². The van der Waals surface area contributed by atoms with Gasteiger partial charge in [-0.1, -0.05) is 46.2 Å². The van der Waals surface area contributed by atoms with Crippen LogP contribution in [0.1, 0.15) is 46.1 Å². The molecule has 4 atom stereocenters. The van der Waals surface area contributed by atoms with E-state index in [1.165, 1.54) is 18.2 Å². The van der Waals surface area contributed by atoms with E-state index in [9.17, 15) is 28.4 Å². The Bertz CT molecular complexity index is 907. The minimum Gasteiger partial charge on any atom is -0.465 e. The molecule has 0 radical (unpaired) electrons. The van der Waals surface area contributed by atoms with Gasteiger partial charge < -0.3 is 26.8 Å². The van der Waals surface area contributed by atoms with Crippen LogP contribution in [0.15, 0.2) is 24.3 Å². The summed E-state index contributed by atoms with van der Waals surface area (Å²) in [6, 6.07) is 1.71. The lowest BCUT2D eigenvalue weighted by atomic mass is 9.93. The molecule has 0 spiro atoms. The van der Waals surface area contributed by atoms with Gasteiger partial charge in [-0.25, -0.2) is 9.18 Å². The highest BCUT2D eigenvalue weighted by atomic mass is 19.1. The van der Waals surface area contributed by atoms with Gasteiger partial charge in [-0.3, -0.25) is 19.2 Å². The number of hydrogen-bond donors (Lipinski definition) is 5. The van der Waals surface area contributed by atoms with E-state index >= 15 is 0 Å². The molecular weight excluding hydrogens is 447 g/mol. The first kappa shape index (κ1) is 28.5. The number of carboxylic acid groups (broad SMARTS) is 1. The molecule has 4 amide bonds. The van der Waals surface area contributed by atoms with Crippen molar-refractivity contribution in [3.05, 3.63) is 35.6 Å². The monoisotopic (exact) mass is 480 g/mol. The number of halogens is 1. The first-order valence-corrected chi connectivity index (χ1v) is 11.0. The van der Waals surface area contributed by atoms with Crippen molar-refractivity contribution in [1.82, 2.24) is 16.0 Å². The molecule has 6 N–H and O–H groups in total. The minimum atomic E-state index is -1.40. The Morgan fingerprint density at radius 3 is 2.18 bits per heavy atom. The molecule has 11 heteroatoms. The molecule has 0 saturated heterocycles. The van der Waals surface area contributed by atoms with Crippen LogP contribution < -0.4 is 21.7 Å². The van der Waals surface area contributed by atoms with Crippen molar-refractivity contribution in [3.8, 4) is 0 Å². The fourth-order valence-corrected chi connectivity index (χ4v) is 3.30. The van der Waals surface area contributed by atoms with Gasteiger partial charge in [0.2, 0.25) is 17.6 Å². The number of nitrogens with one attached hydrogen (secondary N) is 3. The first-order chi connectivity index (χ1) is 15.8. The van der Waals surface area contributed by atoms with Crippen molar-refractivity contribution >= 4 is 29.6 Å². The summed E-state index contributed by atoms with van der Waals surface area (Å²) in [6.07, 6.45) is -0.922. The summed E-state index contributed by atoms with van der Waals surface area (Å²) in [5.74, 6) is -4.84. The van der Waals surface area contributed by atoms with Crippen LogP contribution in [0.5, 0.6) is 0 Å². The van der Waals surface area contributed by atoms with Gasteiger partial charge in [-0.15, -0.1) is 0 Å². The second-order valence-corrected chi connectivity index (χ2v) is 8.63. The molecule has 2 unspecified atom stereocenters. The number of nitrogens with two attached hydrogens (primary N) is 1. The lowest BCUT2D eigenvalue weighted by Crippen LogP contribution is -2.57. The van der Waals surface area contributed by atoms with Crippen molar-refractivity contribution in [1.29, 1.82) is 0 Å². The number of benzene rings is 1. The number of amides is 4. The highest BCUT2D eigenvalue weighted by Crippen LogP contribution is 2.12. The topological polar surface area (TPSA) is 168 Å². The molecule has 0 heterocycles. The Labute approximate surface area is 197 Å². The lowest BCUT2D eigenvalue weighted by molar-refractivity contribution is -0.142. The van der Waals surface area contributed by atoms with Crippen LogP contribution >= 0.6 is 0 Å². The number of carbonyl (C=O) groups excluding carboxylic acids is 4. The highest BCUT2D eigenvalue weighted by molar-refractivity contribution is 6.38. The van der Waals surface area contributed by atoms with E-state index in [2.05, 4.69) is 16.0 Å². The molecule has 0 aliphatic carbocycles. The van der Waals surface area contributed by atoms with Crippen LogP contribution in [0.3, 0.4) is 0 Å². The van der Waals surface area contributed by atoms with Crippen LogP contribution in [-0.2, 0) is 25.6 Å².